The second-order valence-electron chi connectivity index (χ2n) is 7.04. The van der Waals surface area contributed by atoms with Gasteiger partial charge in [0.05, 0.1) is 12.7 Å². The Hall–Kier alpha value is -1.73. The third-order valence-corrected chi connectivity index (χ3v) is 5.85. The molecule has 3 aliphatic rings. The standard InChI is InChI=1S/C18H18ClF3N2O2/c19-10-4-5-14-13(8-10)17(18(20,21)22,9-26-11-2-1-3-11)12-6-7-23-16(25)15(12)24-14/h4-8,11-12,15,24H,1-3,9H2,(H,23,25). The number of benzene rings is 1. The fourth-order valence-electron chi connectivity index (χ4n) is 3.94. The largest absolute Gasteiger partial charge is 0.401 e. The first-order valence-corrected chi connectivity index (χ1v) is 8.93. The van der Waals surface area contributed by atoms with Crippen LogP contribution < -0.4 is 10.6 Å². The lowest BCUT2D eigenvalue weighted by molar-refractivity contribution is -0.226. The Labute approximate surface area is 153 Å². The monoisotopic (exact) mass is 386 g/mol. The van der Waals surface area contributed by atoms with Gasteiger partial charge in [-0.25, -0.2) is 0 Å². The molecule has 3 unspecified atom stereocenters. The van der Waals surface area contributed by atoms with Gasteiger partial charge in [-0.05, 0) is 43.0 Å². The van der Waals surface area contributed by atoms with Crippen molar-refractivity contribution in [2.75, 3.05) is 11.9 Å². The summed E-state index contributed by atoms with van der Waals surface area (Å²) in [5, 5.41) is 5.64. The van der Waals surface area contributed by atoms with Crippen LogP contribution in [0.2, 0.25) is 5.02 Å². The fraction of sp³-hybridized carbons (Fsp3) is 0.500. The van der Waals surface area contributed by atoms with Gasteiger partial charge in [0.1, 0.15) is 11.5 Å². The first-order chi connectivity index (χ1) is 12.3. The summed E-state index contributed by atoms with van der Waals surface area (Å²) in [6.45, 7) is -0.533. The maximum Gasteiger partial charge on any atom is 0.401 e. The first-order valence-electron chi connectivity index (χ1n) is 8.55. The average molecular weight is 387 g/mol. The molecule has 26 heavy (non-hydrogen) atoms. The smallest absolute Gasteiger partial charge is 0.377 e. The number of hydrogen-bond donors (Lipinski definition) is 2. The van der Waals surface area contributed by atoms with Crippen LogP contribution >= 0.6 is 11.6 Å². The van der Waals surface area contributed by atoms with Crippen molar-refractivity contribution in [3.8, 4) is 0 Å². The van der Waals surface area contributed by atoms with Gasteiger partial charge in [-0.3, -0.25) is 4.79 Å². The Morgan fingerprint density at radius 2 is 2.08 bits per heavy atom. The SMILES string of the molecule is O=C1NC=CC2C1Nc1ccc(Cl)cc1C2(COC1CCC1)C(F)(F)F. The molecule has 4 nitrogen and oxygen atoms in total. The highest BCUT2D eigenvalue weighted by Crippen LogP contribution is 2.55. The number of anilines is 1. The summed E-state index contributed by atoms with van der Waals surface area (Å²) in [4.78, 5) is 12.3. The molecule has 1 aromatic carbocycles. The minimum atomic E-state index is -4.62. The molecule has 3 atom stereocenters. The second-order valence-corrected chi connectivity index (χ2v) is 7.47. The molecule has 140 valence electrons. The van der Waals surface area contributed by atoms with Crippen LogP contribution in [0, 0.1) is 5.92 Å². The van der Waals surface area contributed by atoms with Crippen molar-refractivity contribution in [1.29, 1.82) is 0 Å². The number of ether oxygens (including phenoxy) is 1. The van der Waals surface area contributed by atoms with Crippen molar-refractivity contribution in [3.63, 3.8) is 0 Å². The van der Waals surface area contributed by atoms with Crippen molar-refractivity contribution in [2.24, 2.45) is 5.92 Å². The Balaban J connectivity index is 1.88. The van der Waals surface area contributed by atoms with Crippen molar-refractivity contribution in [1.82, 2.24) is 5.32 Å². The zero-order valence-corrected chi connectivity index (χ0v) is 14.5. The third-order valence-electron chi connectivity index (χ3n) is 5.62. The van der Waals surface area contributed by atoms with Crippen LogP contribution in [-0.2, 0) is 14.9 Å². The van der Waals surface area contributed by atoms with Gasteiger partial charge in [0.2, 0.25) is 5.91 Å². The maximum absolute atomic E-state index is 14.6. The molecule has 2 aliphatic heterocycles. The van der Waals surface area contributed by atoms with Gasteiger partial charge in [-0.2, -0.15) is 13.2 Å². The zero-order valence-electron chi connectivity index (χ0n) is 13.8. The summed E-state index contributed by atoms with van der Waals surface area (Å²) in [6, 6.07) is 3.31. The molecule has 0 spiro atoms. The molecule has 8 heteroatoms. The first kappa shape index (κ1) is 17.7. The average Bonchev–Trinajstić information content (AvgIpc) is 2.52. The van der Waals surface area contributed by atoms with E-state index in [0.717, 1.165) is 19.3 Å². The highest BCUT2D eigenvalue weighted by molar-refractivity contribution is 6.30. The van der Waals surface area contributed by atoms with Gasteiger partial charge < -0.3 is 15.4 Å². The lowest BCUT2D eigenvalue weighted by atomic mass is 9.63. The van der Waals surface area contributed by atoms with E-state index >= 15 is 0 Å². The van der Waals surface area contributed by atoms with Crippen molar-refractivity contribution < 1.29 is 22.7 Å². The summed E-state index contributed by atoms with van der Waals surface area (Å²) < 4.78 is 49.4. The highest BCUT2D eigenvalue weighted by Gasteiger charge is 2.65. The number of hydrogen-bond acceptors (Lipinski definition) is 3. The lowest BCUT2D eigenvalue weighted by Crippen LogP contribution is -2.63. The molecule has 1 aliphatic carbocycles. The predicted molar refractivity (Wildman–Crippen MR) is 91.0 cm³/mol. The summed E-state index contributed by atoms with van der Waals surface area (Å²) >= 11 is 6.03. The van der Waals surface area contributed by atoms with E-state index in [-0.39, 0.29) is 22.4 Å². The Morgan fingerprint density at radius 3 is 2.73 bits per heavy atom. The molecule has 1 saturated carbocycles. The number of nitrogens with one attached hydrogen (secondary N) is 2. The minimum absolute atomic E-state index is 0.0254. The van der Waals surface area contributed by atoms with Crippen molar-refractivity contribution in [2.45, 2.75) is 43.0 Å². The Morgan fingerprint density at radius 1 is 1.31 bits per heavy atom. The van der Waals surface area contributed by atoms with Crippen LogP contribution in [0.5, 0.6) is 0 Å². The molecule has 0 aromatic heterocycles. The number of amides is 1. The van der Waals surface area contributed by atoms with E-state index in [9.17, 15) is 18.0 Å². The van der Waals surface area contributed by atoms with Gasteiger partial charge in [0.25, 0.3) is 0 Å². The van der Waals surface area contributed by atoms with Crippen molar-refractivity contribution >= 4 is 23.2 Å². The summed E-state index contributed by atoms with van der Waals surface area (Å²) in [7, 11) is 0. The molecule has 2 N–H and O–H groups in total. The molecular formula is C18H18ClF3N2O2. The number of alkyl halides is 3. The second kappa shape index (κ2) is 6.16. The maximum atomic E-state index is 14.6. The molecule has 2 heterocycles. The van der Waals surface area contributed by atoms with E-state index in [2.05, 4.69) is 10.6 Å². The van der Waals surface area contributed by atoms with Gasteiger partial charge >= 0.3 is 6.18 Å². The van der Waals surface area contributed by atoms with E-state index in [1.54, 1.807) is 0 Å². The summed E-state index contributed by atoms with van der Waals surface area (Å²) in [5.74, 6) is -1.61. The normalized spacial score (nSPS) is 30.7. The number of halogens is 4. The van der Waals surface area contributed by atoms with Gasteiger partial charge in [0, 0.05) is 22.8 Å². The van der Waals surface area contributed by atoms with Crippen LogP contribution in [-0.4, -0.2) is 30.8 Å². The summed E-state index contributed by atoms with van der Waals surface area (Å²) in [6.07, 6.45) is 0.389. The van der Waals surface area contributed by atoms with Gasteiger partial charge in [-0.1, -0.05) is 17.7 Å². The topological polar surface area (TPSA) is 50.4 Å². The van der Waals surface area contributed by atoms with Crippen molar-refractivity contribution in [3.05, 3.63) is 41.1 Å². The molecule has 4 rings (SSSR count). The molecule has 1 fully saturated rings. The van der Waals surface area contributed by atoms with E-state index in [1.807, 2.05) is 0 Å². The Kier molecular flexibility index (Phi) is 4.19. The third kappa shape index (κ3) is 2.60. The molecular weight excluding hydrogens is 369 g/mol. The minimum Gasteiger partial charge on any atom is -0.377 e. The van der Waals surface area contributed by atoms with E-state index in [4.69, 9.17) is 16.3 Å². The van der Waals surface area contributed by atoms with Crippen LogP contribution in [0.4, 0.5) is 18.9 Å². The van der Waals surface area contributed by atoms with Crippen LogP contribution in [0.15, 0.2) is 30.5 Å². The number of carbonyl (C=O) groups excluding carboxylic acids is 1. The Bertz CT molecular complexity index is 763. The number of fused-ring (bicyclic) bond motifs is 2. The molecule has 1 aromatic rings. The predicted octanol–water partition coefficient (Wildman–Crippen LogP) is 3.76. The zero-order chi connectivity index (χ0) is 18.5. The van der Waals surface area contributed by atoms with E-state index < -0.39 is 36.1 Å². The molecule has 0 radical (unpaired) electrons. The fourth-order valence-corrected chi connectivity index (χ4v) is 4.12. The van der Waals surface area contributed by atoms with E-state index in [0.29, 0.717) is 0 Å². The van der Waals surface area contributed by atoms with Gasteiger partial charge in [-0.15, -0.1) is 0 Å². The number of carbonyl (C=O) groups is 1. The van der Waals surface area contributed by atoms with E-state index in [1.165, 1.54) is 30.5 Å². The van der Waals surface area contributed by atoms with Gasteiger partial charge in [0.15, 0.2) is 0 Å². The quantitative estimate of drug-likeness (QED) is 0.831. The van der Waals surface area contributed by atoms with Crippen LogP contribution in [0.25, 0.3) is 0 Å². The summed E-state index contributed by atoms with van der Waals surface area (Å²) in [5.41, 5.74) is -2.06. The highest BCUT2D eigenvalue weighted by atomic mass is 35.5. The lowest BCUT2D eigenvalue weighted by Gasteiger charge is -2.50. The molecule has 1 amide bonds. The molecule has 0 bridgehead atoms. The molecule has 0 saturated heterocycles. The van der Waals surface area contributed by atoms with Crippen LogP contribution in [0.3, 0.4) is 0 Å². The number of rotatable bonds is 3. The van der Waals surface area contributed by atoms with Crippen LogP contribution in [0.1, 0.15) is 24.8 Å².